The summed E-state index contributed by atoms with van der Waals surface area (Å²) >= 11 is 3.03. The third-order valence-electron chi connectivity index (χ3n) is 2.57. The topological polar surface area (TPSA) is 96.6 Å². The van der Waals surface area contributed by atoms with Gasteiger partial charge in [-0.25, -0.2) is 17.6 Å². The summed E-state index contributed by atoms with van der Waals surface area (Å²) in [6.45, 7) is 1.30. The van der Waals surface area contributed by atoms with Crippen molar-refractivity contribution in [2.75, 3.05) is 4.72 Å². The van der Waals surface area contributed by atoms with E-state index >= 15 is 0 Å². The van der Waals surface area contributed by atoms with Crippen LogP contribution in [0.4, 0.5) is 10.1 Å². The van der Waals surface area contributed by atoms with Gasteiger partial charge in [-0.15, -0.1) is 0 Å². The first-order valence-electron chi connectivity index (χ1n) is 5.53. The Balaban J connectivity index is 2.46. The van der Waals surface area contributed by atoms with Crippen LogP contribution >= 0.6 is 15.9 Å². The lowest BCUT2D eigenvalue weighted by molar-refractivity contribution is 0.0661. The molecule has 0 fully saturated rings. The van der Waals surface area contributed by atoms with Crippen molar-refractivity contribution < 1.29 is 27.1 Å². The van der Waals surface area contributed by atoms with Crippen LogP contribution in [0.3, 0.4) is 0 Å². The Morgan fingerprint density at radius 3 is 2.62 bits per heavy atom. The number of rotatable bonds is 4. The maximum Gasteiger partial charge on any atom is 0.371 e. The SMILES string of the molecule is Cc1oc(C(=O)O)cc1S(=O)(=O)Nc1c(F)cccc1Br. The third-order valence-corrected chi connectivity index (χ3v) is 4.69. The Labute approximate surface area is 127 Å². The molecule has 1 aromatic heterocycles. The Morgan fingerprint density at radius 2 is 2.10 bits per heavy atom. The summed E-state index contributed by atoms with van der Waals surface area (Å²) in [4.78, 5) is 10.4. The van der Waals surface area contributed by atoms with Crippen LogP contribution in [0.5, 0.6) is 0 Å². The molecule has 0 radical (unpaired) electrons. The fourth-order valence-corrected chi connectivity index (χ4v) is 3.46. The summed E-state index contributed by atoms with van der Waals surface area (Å²) in [5.74, 6) is -2.79. The highest BCUT2D eigenvalue weighted by atomic mass is 79.9. The summed E-state index contributed by atoms with van der Waals surface area (Å²) in [5, 5.41) is 8.79. The van der Waals surface area contributed by atoms with E-state index in [4.69, 9.17) is 9.52 Å². The summed E-state index contributed by atoms with van der Waals surface area (Å²) in [6, 6.07) is 4.83. The van der Waals surface area contributed by atoms with Gasteiger partial charge in [0.25, 0.3) is 10.0 Å². The van der Waals surface area contributed by atoms with Gasteiger partial charge in [0.2, 0.25) is 5.76 Å². The smallest absolute Gasteiger partial charge is 0.371 e. The first-order chi connectivity index (χ1) is 9.72. The molecule has 112 valence electrons. The number of para-hydroxylation sites is 1. The number of carbonyl (C=O) groups is 1. The van der Waals surface area contributed by atoms with E-state index in [1.165, 1.54) is 19.1 Å². The maximum absolute atomic E-state index is 13.7. The molecular weight excluding hydrogens is 369 g/mol. The predicted octanol–water partition coefficient (Wildman–Crippen LogP) is 2.99. The van der Waals surface area contributed by atoms with Crippen molar-refractivity contribution in [2.45, 2.75) is 11.8 Å². The monoisotopic (exact) mass is 377 g/mol. The zero-order chi connectivity index (χ0) is 15.8. The first-order valence-corrected chi connectivity index (χ1v) is 7.80. The van der Waals surface area contributed by atoms with Gasteiger partial charge in [-0.1, -0.05) is 6.07 Å². The molecule has 21 heavy (non-hydrogen) atoms. The first kappa shape index (κ1) is 15.5. The van der Waals surface area contributed by atoms with E-state index in [1.54, 1.807) is 0 Å². The number of nitrogens with one attached hydrogen (secondary N) is 1. The number of hydrogen-bond donors (Lipinski definition) is 2. The number of anilines is 1. The summed E-state index contributed by atoms with van der Waals surface area (Å²) in [7, 11) is -4.18. The molecule has 0 bridgehead atoms. The molecule has 2 aromatic rings. The van der Waals surface area contributed by atoms with E-state index in [0.717, 1.165) is 12.1 Å². The minimum Gasteiger partial charge on any atom is -0.475 e. The van der Waals surface area contributed by atoms with Crippen molar-refractivity contribution in [3.05, 3.63) is 46.1 Å². The van der Waals surface area contributed by atoms with Gasteiger partial charge >= 0.3 is 5.97 Å². The van der Waals surface area contributed by atoms with Gasteiger partial charge in [0, 0.05) is 10.5 Å². The van der Waals surface area contributed by atoms with Gasteiger partial charge in [-0.2, -0.15) is 0 Å². The van der Waals surface area contributed by atoms with Crippen LogP contribution in [-0.2, 0) is 10.0 Å². The summed E-state index contributed by atoms with van der Waals surface area (Å²) in [6.07, 6.45) is 0. The van der Waals surface area contributed by atoms with Crippen molar-refractivity contribution in [1.82, 2.24) is 0 Å². The van der Waals surface area contributed by atoms with Gasteiger partial charge in [-0.3, -0.25) is 4.72 Å². The van der Waals surface area contributed by atoms with E-state index in [9.17, 15) is 17.6 Å². The number of furan rings is 1. The molecule has 0 unspecified atom stereocenters. The lowest BCUT2D eigenvalue weighted by Gasteiger charge is -2.09. The summed E-state index contributed by atoms with van der Waals surface area (Å²) in [5.41, 5.74) is -0.269. The molecule has 0 atom stereocenters. The number of aromatic carboxylic acids is 1. The standard InChI is InChI=1S/C12H9BrFNO5S/c1-6-10(5-9(20-6)12(16)17)21(18,19)15-11-7(13)3-2-4-8(11)14/h2-5,15H,1H3,(H,16,17). The molecule has 0 saturated heterocycles. The average molecular weight is 378 g/mol. The molecule has 0 spiro atoms. The van der Waals surface area contributed by atoms with Gasteiger partial charge in [0.1, 0.15) is 16.5 Å². The van der Waals surface area contributed by atoms with Gasteiger partial charge in [-0.05, 0) is 35.0 Å². The second kappa shape index (κ2) is 5.49. The van der Waals surface area contributed by atoms with Crippen LogP contribution in [0, 0.1) is 12.7 Å². The molecule has 0 aliphatic carbocycles. The van der Waals surface area contributed by atoms with E-state index in [2.05, 4.69) is 20.7 Å². The normalized spacial score (nSPS) is 11.4. The molecular formula is C12H9BrFNO5S. The Hall–Kier alpha value is -1.87. The lowest BCUT2D eigenvalue weighted by Crippen LogP contribution is -2.14. The molecule has 6 nitrogen and oxygen atoms in total. The molecule has 0 aliphatic heterocycles. The minimum atomic E-state index is -4.18. The van der Waals surface area contributed by atoms with Crippen molar-refractivity contribution in [3.63, 3.8) is 0 Å². The highest BCUT2D eigenvalue weighted by Gasteiger charge is 2.25. The molecule has 0 aliphatic rings. The second-order valence-electron chi connectivity index (χ2n) is 4.04. The van der Waals surface area contributed by atoms with Crippen molar-refractivity contribution >= 4 is 37.6 Å². The van der Waals surface area contributed by atoms with Gasteiger partial charge in [0.15, 0.2) is 0 Å². The number of aryl methyl sites for hydroxylation is 1. The van der Waals surface area contributed by atoms with Crippen molar-refractivity contribution in [1.29, 1.82) is 0 Å². The second-order valence-corrected chi connectivity index (χ2v) is 6.54. The largest absolute Gasteiger partial charge is 0.475 e. The fraction of sp³-hybridized carbons (Fsp3) is 0.0833. The van der Waals surface area contributed by atoms with Crippen LogP contribution < -0.4 is 4.72 Å². The molecule has 0 saturated carbocycles. The number of carboxylic acids is 1. The zero-order valence-corrected chi connectivity index (χ0v) is 13.0. The molecule has 1 heterocycles. The zero-order valence-electron chi connectivity index (χ0n) is 10.6. The number of benzene rings is 1. The maximum atomic E-state index is 13.7. The number of halogens is 2. The molecule has 2 rings (SSSR count). The highest BCUT2D eigenvalue weighted by Crippen LogP contribution is 2.29. The number of hydrogen-bond acceptors (Lipinski definition) is 4. The predicted molar refractivity (Wildman–Crippen MR) is 75.3 cm³/mol. The van der Waals surface area contributed by atoms with Crippen LogP contribution in [0.15, 0.2) is 38.1 Å². The van der Waals surface area contributed by atoms with E-state index in [1.807, 2.05) is 0 Å². The van der Waals surface area contributed by atoms with E-state index in [-0.39, 0.29) is 20.8 Å². The molecule has 0 amide bonds. The Kier molecular flexibility index (Phi) is 4.06. The quantitative estimate of drug-likeness (QED) is 0.853. The van der Waals surface area contributed by atoms with Crippen LogP contribution in [0.25, 0.3) is 0 Å². The molecule has 9 heteroatoms. The van der Waals surface area contributed by atoms with Gasteiger partial charge < -0.3 is 9.52 Å². The highest BCUT2D eigenvalue weighted by molar-refractivity contribution is 9.10. The lowest BCUT2D eigenvalue weighted by atomic mass is 10.3. The van der Waals surface area contributed by atoms with E-state index in [0.29, 0.717) is 0 Å². The average Bonchev–Trinajstić information content (AvgIpc) is 2.77. The Bertz CT molecular complexity index is 795. The van der Waals surface area contributed by atoms with Crippen LogP contribution in [0.2, 0.25) is 0 Å². The minimum absolute atomic E-state index is 0.104. The van der Waals surface area contributed by atoms with Crippen LogP contribution in [-0.4, -0.2) is 19.5 Å². The van der Waals surface area contributed by atoms with Gasteiger partial charge in [0.05, 0.1) is 5.69 Å². The molecule has 2 N–H and O–H groups in total. The number of sulfonamides is 1. The Morgan fingerprint density at radius 1 is 1.43 bits per heavy atom. The fourth-order valence-electron chi connectivity index (χ4n) is 1.62. The third kappa shape index (κ3) is 3.08. The van der Waals surface area contributed by atoms with Crippen molar-refractivity contribution in [2.24, 2.45) is 0 Å². The number of carboxylic acid groups (broad SMARTS) is 1. The van der Waals surface area contributed by atoms with E-state index < -0.39 is 27.6 Å². The van der Waals surface area contributed by atoms with Crippen molar-refractivity contribution in [3.8, 4) is 0 Å². The van der Waals surface area contributed by atoms with Crippen LogP contribution in [0.1, 0.15) is 16.3 Å². The molecule has 1 aromatic carbocycles. The summed E-state index contributed by atoms with van der Waals surface area (Å²) < 4.78 is 45.2.